The lowest BCUT2D eigenvalue weighted by molar-refractivity contribution is -0.150. The molecule has 7 nitrogen and oxygen atoms in total. The Morgan fingerprint density at radius 2 is 1.90 bits per heavy atom. The van der Waals surface area contributed by atoms with Crippen LogP contribution in [0.1, 0.15) is 68.1 Å². The van der Waals surface area contributed by atoms with Crippen LogP contribution in [0.5, 0.6) is 0 Å². The van der Waals surface area contributed by atoms with Crippen LogP contribution in [0, 0.1) is 5.92 Å². The molecule has 2 aliphatic heterocycles. The van der Waals surface area contributed by atoms with Gasteiger partial charge in [0.05, 0.1) is 18.2 Å². The van der Waals surface area contributed by atoms with Gasteiger partial charge in [-0.25, -0.2) is 4.98 Å². The van der Waals surface area contributed by atoms with Crippen molar-refractivity contribution in [3.63, 3.8) is 0 Å². The number of carbonyl (C=O) groups is 2. The van der Waals surface area contributed by atoms with Gasteiger partial charge in [0.25, 0.3) is 5.91 Å². The Hall–Kier alpha value is -1.93. The molecular formula is C22H32N4O3S. The minimum absolute atomic E-state index is 0.0572. The summed E-state index contributed by atoms with van der Waals surface area (Å²) in [5.41, 5.74) is 1.53. The predicted molar refractivity (Wildman–Crippen MR) is 117 cm³/mol. The lowest BCUT2D eigenvalue weighted by atomic mass is 9.98. The zero-order valence-corrected chi connectivity index (χ0v) is 18.7. The van der Waals surface area contributed by atoms with E-state index in [2.05, 4.69) is 9.30 Å². The number of aromatic nitrogens is 2. The van der Waals surface area contributed by atoms with E-state index in [0.717, 1.165) is 56.0 Å². The minimum Gasteiger partial charge on any atom is -0.466 e. The molecule has 4 heterocycles. The van der Waals surface area contributed by atoms with Crippen LogP contribution in [0.25, 0.3) is 4.96 Å². The van der Waals surface area contributed by atoms with Crippen LogP contribution in [0.2, 0.25) is 0 Å². The number of thiazole rings is 1. The zero-order valence-electron chi connectivity index (χ0n) is 17.8. The van der Waals surface area contributed by atoms with E-state index in [0.29, 0.717) is 25.4 Å². The second-order valence-electron chi connectivity index (χ2n) is 8.35. The third-order valence-electron chi connectivity index (χ3n) is 6.21. The molecule has 2 fully saturated rings. The maximum Gasteiger partial charge on any atom is 0.310 e. The normalized spacial score (nSPS) is 21.4. The number of ether oxygens (including phenoxy) is 1. The van der Waals surface area contributed by atoms with Gasteiger partial charge in [-0.15, -0.1) is 11.3 Å². The fourth-order valence-electron chi connectivity index (χ4n) is 4.62. The second-order valence-corrected chi connectivity index (χ2v) is 9.22. The maximum atomic E-state index is 13.4. The smallest absolute Gasteiger partial charge is 0.310 e. The van der Waals surface area contributed by atoms with Gasteiger partial charge in [0.1, 0.15) is 0 Å². The Morgan fingerprint density at radius 1 is 1.13 bits per heavy atom. The number of rotatable bonds is 5. The monoisotopic (exact) mass is 432 g/mol. The third-order valence-corrected chi connectivity index (χ3v) is 6.96. The number of hydrogen-bond donors (Lipinski definition) is 0. The van der Waals surface area contributed by atoms with Crippen molar-refractivity contribution < 1.29 is 14.3 Å². The van der Waals surface area contributed by atoms with Crippen LogP contribution in [0.3, 0.4) is 0 Å². The van der Waals surface area contributed by atoms with E-state index in [9.17, 15) is 9.59 Å². The maximum absolute atomic E-state index is 13.4. The number of imidazole rings is 1. The highest BCUT2D eigenvalue weighted by Crippen LogP contribution is 2.25. The van der Waals surface area contributed by atoms with Crippen molar-refractivity contribution in [1.29, 1.82) is 0 Å². The molecule has 0 unspecified atom stereocenters. The van der Waals surface area contributed by atoms with Gasteiger partial charge >= 0.3 is 5.97 Å². The predicted octanol–water partition coefficient (Wildman–Crippen LogP) is 3.58. The lowest BCUT2D eigenvalue weighted by Crippen LogP contribution is -2.40. The van der Waals surface area contributed by atoms with Crippen LogP contribution in [0.15, 0.2) is 11.6 Å². The Kier molecular flexibility index (Phi) is 7.04. The molecule has 30 heavy (non-hydrogen) atoms. The van der Waals surface area contributed by atoms with Gasteiger partial charge < -0.3 is 9.64 Å². The number of amides is 1. The first-order valence-electron chi connectivity index (χ1n) is 11.3. The molecule has 4 rings (SSSR count). The summed E-state index contributed by atoms with van der Waals surface area (Å²) in [7, 11) is 0. The van der Waals surface area contributed by atoms with Crippen LogP contribution in [-0.4, -0.2) is 63.8 Å². The summed E-state index contributed by atoms with van der Waals surface area (Å²) in [5.74, 6) is -0.132. The van der Waals surface area contributed by atoms with E-state index in [1.165, 1.54) is 19.3 Å². The Balaban J connectivity index is 1.54. The highest BCUT2D eigenvalue weighted by atomic mass is 32.1. The zero-order chi connectivity index (χ0) is 20.9. The molecule has 2 aromatic heterocycles. The number of hydrogen-bond acceptors (Lipinski definition) is 6. The SMILES string of the molecule is CCOC(=O)[C@@H]1CCCN(Cc2c(C(=O)N3CCCCCCC3)nc3sccn23)C1. The number of esters is 1. The number of fused-ring (bicyclic) bond motifs is 1. The van der Waals surface area contributed by atoms with Gasteiger partial charge in [0.15, 0.2) is 10.7 Å². The van der Waals surface area contributed by atoms with E-state index < -0.39 is 0 Å². The van der Waals surface area contributed by atoms with Crippen molar-refractivity contribution in [2.45, 2.75) is 58.4 Å². The molecule has 2 aliphatic rings. The van der Waals surface area contributed by atoms with Crippen LogP contribution in [-0.2, 0) is 16.1 Å². The first kappa shape index (κ1) is 21.3. The highest BCUT2D eigenvalue weighted by molar-refractivity contribution is 7.15. The van der Waals surface area contributed by atoms with Crippen molar-refractivity contribution in [2.24, 2.45) is 5.92 Å². The quantitative estimate of drug-likeness (QED) is 0.676. The second kappa shape index (κ2) is 9.92. The van der Waals surface area contributed by atoms with Gasteiger partial charge in [-0.05, 0) is 39.2 Å². The summed E-state index contributed by atoms with van der Waals surface area (Å²) in [4.78, 5) is 35.5. The molecule has 1 atom stereocenters. The molecule has 8 heteroatoms. The topological polar surface area (TPSA) is 67.2 Å². The summed E-state index contributed by atoms with van der Waals surface area (Å²) in [6.45, 7) is 6.12. The standard InChI is InChI=1S/C22H32N4O3S/c1-2-29-21(28)17-9-8-10-24(15-17)16-18-19(23-22-26(18)13-14-30-22)20(27)25-11-6-4-3-5-7-12-25/h13-14,17H,2-12,15-16H2,1H3/t17-/m1/s1. The number of carbonyl (C=O) groups excluding carboxylic acids is 2. The molecule has 0 radical (unpaired) electrons. The number of likely N-dealkylation sites (tertiary alicyclic amines) is 2. The van der Waals surface area contributed by atoms with Gasteiger partial charge in [-0.3, -0.25) is 18.9 Å². The van der Waals surface area contributed by atoms with Crippen molar-refractivity contribution in [3.8, 4) is 0 Å². The van der Waals surface area contributed by atoms with Gasteiger partial charge in [0.2, 0.25) is 0 Å². The summed E-state index contributed by atoms with van der Waals surface area (Å²) >= 11 is 1.56. The highest BCUT2D eigenvalue weighted by Gasteiger charge is 2.30. The number of piperidine rings is 1. The van der Waals surface area contributed by atoms with Crippen LogP contribution < -0.4 is 0 Å². The Labute approximate surface area is 182 Å². The van der Waals surface area contributed by atoms with Crippen molar-refractivity contribution >= 4 is 28.2 Å². The largest absolute Gasteiger partial charge is 0.466 e. The summed E-state index contributed by atoms with van der Waals surface area (Å²) in [5, 5.41) is 2.01. The average molecular weight is 433 g/mol. The summed E-state index contributed by atoms with van der Waals surface area (Å²) in [6, 6.07) is 0. The van der Waals surface area contributed by atoms with Crippen LogP contribution in [0.4, 0.5) is 0 Å². The molecule has 164 valence electrons. The minimum atomic E-state index is -0.104. The average Bonchev–Trinajstić information content (AvgIpc) is 3.30. The van der Waals surface area contributed by atoms with Crippen LogP contribution >= 0.6 is 11.3 Å². The Bertz CT molecular complexity index is 869. The van der Waals surface area contributed by atoms with Crippen molar-refractivity contribution in [3.05, 3.63) is 23.0 Å². The fourth-order valence-corrected chi connectivity index (χ4v) is 5.35. The number of nitrogens with zero attached hydrogens (tertiary/aromatic N) is 4. The lowest BCUT2D eigenvalue weighted by Gasteiger charge is -2.31. The fraction of sp³-hybridized carbons (Fsp3) is 0.682. The molecule has 0 spiro atoms. The summed E-state index contributed by atoms with van der Waals surface area (Å²) < 4.78 is 7.30. The first-order chi connectivity index (χ1) is 14.7. The van der Waals surface area contributed by atoms with Crippen molar-refractivity contribution in [1.82, 2.24) is 19.2 Å². The molecule has 0 saturated carbocycles. The molecule has 0 aromatic carbocycles. The van der Waals surface area contributed by atoms with Crippen molar-refractivity contribution in [2.75, 3.05) is 32.8 Å². The van der Waals surface area contributed by atoms with E-state index in [-0.39, 0.29) is 17.8 Å². The van der Waals surface area contributed by atoms with E-state index in [1.54, 1.807) is 11.3 Å². The first-order valence-corrected chi connectivity index (χ1v) is 12.2. The van der Waals surface area contributed by atoms with Gasteiger partial charge in [-0.1, -0.05) is 19.3 Å². The van der Waals surface area contributed by atoms with Gasteiger partial charge in [-0.2, -0.15) is 0 Å². The molecule has 1 amide bonds. The molecule has 0 bridgehead atoms. The molecule has 0 N–H and O–H groups in total. The molecule has 2 aromatic rings. The molecule has 0 aliphatic carbocycles. The molecule has 2 saturated heterocycles. The van der Waals surface area contributed by atoms with Gasteiger partial charge in [0, 0.05) is 37.8 Å². The van der Waals surface area contributed by atoms with E-state index in [4.69, 9.17) is 9.72 Å². The van der Waals surface area contributed by atoms with E-state index in [1.807, 2.05) is 23.4 Å². The molecular weight excluding hydrogens is 400 g/mol. The third kappa shape index (κ3) is 4.70. The Morgan fingerprint density at radius 3 is 2.67 bits per heavy atom. The van der Waals surface area contributed by atoms with E-state index >= 15 is 0 Å². The summed E-state index contributed by atoms with van der Waals surface area (Å²) in [6.07, 6.45) is 9.62.